The third-order valence-electron chi connectivity index (χ3n) is 6.33. The quantitative estimate of drug-likeness (QED) is 0.676. The Morgan fingerprint density at radius 3 is 2.38 bits per heavy atom. The molecule has 0 aromatic heterocycles. The molecule has 2 aliphatic rings. The van der Waals surface area contributed by atoms with Crippen molar-refractivity contribution in [1.82, 2.24) is 0 Å². The molecule has 7 heteroatoms. The van der Waals surface area contributed by atoms with Gasteiger partial charge in [0.1, 0.15) is 0 Å². The predicted octanol–water partition coefficient (Wildman–Crippen LogP) is 4.30. The summed E-state index contributed by atoms with van der Waals surface area (Å²) in [6, 6.07) is 12.6. The molecule has 0 radical (unpaired) electrons. The number of nitrogens with zero attached hydrogens (tertiary/aromatic N) is 1. The molecule has 1 aliphatic heterocycles. The molecule has 2 aromatic carbocycles. The lowest BCUT2D eigenvalue weighted by molar-refractivity contribution is -0.119. The van der Waals surface area contributed by atoms with Gasteiger partial charge in [0.25, 0.3) is 0 Å². The minimum absolute atomic E-state index is 0.127. The van der Waals surface area contributed by atoms with E-state index in [-0.39, 0.29) is 29.0 Å². The molecule has 1 heterocycles. The van der Waals surface area contributed by atoms with Crippen LogP contribution in [0.5, 0.6) is 0 Å². The number of hydrogen-bond acceptors (Lipinski definition) is 4. The summed E-state index contributed by atoms with van der Waals surface area (Å²) in [6.45, 7) is 6.36. The summed E-state index contributed by atoms with van der Waals surface area (Å²) in [5, 5.41) is 1.93. The van der Waals surface area contributed by atoms with Crippen LogP contribution < -0.4 is 10.2 Å². The number of benzene rings is 2. The first-order valence-corrected chi connectivity index (χ1v) is 12.8. The monoisotopic (exact) mass is 454 g/mol. The molecular weight excluding hydrogens is 424 g/mol. The van der Waals surface area contributed by atoms with Gasteiger partial charge < -0.3 is 10.2 Å². The number of carbonyl (C=O) groups is 2. The van der Waals surface area contributed by atoms with Gasteiger partial charge in [-0.3, -0.25) is 9.59 Å². The second-order valence-corrected chi connectivity index (χ2v) is 11.6. The molecule has 0 spiro atoms. The molecule has 2 aromatic rings. The van der Waals surface area contributed by atoms with Gasteiger partial charge in [-0.1, -0.05) is 26.0 Å². The number of fused-ring (bicyclic) bond motifs is 1. The van der Waals surface area contributed by atoms with Crippen LogP contribution in [0, 0.1) is 5.92 Å². The van der Waals surface area contributed by atoms with Crippen molar-refractivity contribution >= 4 is 33.0 Å². The standard InChI is InChI=1S/C25H30N2O4S/c1-16(2)18-6-8-21(9-7-18)26-24(28)14-17(3)32(30,31)22-10-11-23-20(15-22)12-13-27(23)25(29)19-4-5-19/h6-11,15-17,19H,4-5,12-14H2,1-3H3,(H,26,28)/t17-/m1/s1. The third kappa shape index (κ3) is 4.58. The van der Waals surface area contributed by atoms with E-state index in [1.807, 2.05) is 24.3 Å². The molecule has 6 nitrogen and oxygen atoms in total. The van der Waals surface area contributed by atoms with Crippen LogP contribution in [0.1, 0.15) is 57.1 Å². The van der Waals surface area contributed by atoms with Gasteiger partial charge in [0.2, 0.25) is 11.8 Å². The maximum Gasteiger partial charge on any atom is 0.230 e. The molecule has 170 valence electrons. The molecule has 32 heavy (non-hydrogen) atoms. The number of amides is 2. The fraction of sp³-hybridized carbons (Fsp3) is 0.440. The van der Waals surface area contributed by atoms with Gasteiger partial charge in [-0.2, -0.15) is 0 Å². The van der Waals surface area contributed by atoms with Gasteiger partial charge in [0.15, 0.2) is 9.84 Å². The fourth-order valence-corrected chi connectivity index (χ4v) is 5.50. The molecule has 2 amide bonds. The summed E-state index contributed by atoms with van der Waals surface area (Å²) in [5.74, 6) is 0.340. The highest BCUT2D eigenvalue weighted by molar-refractivity contribution is 7.92. The molecule has 0 unspecified atom stereocenters. The SMILES string of the molecule is CC(C)c1ccc(NC(=O)C[C@@H](C)S(=O)(=O)c2ccc3c(c2)CCN3C(=O)C2CC2)cc1. The molecule has 1 aliphatic carbocycles. The minimum atomic E-state index is -3.67. The molecule has 1 N–H and O–H groups in total. The zero-order chi connectivity index (χ0) is 23.0. The molecular formula is C25H30N2O4S. The number of hydrogen-bond donors (Lipinski definition) is 1. The number of carbonyl (C=O) groups excluding carboxylic acids is 2. The van der Waals surface area contributed by atoms with E-state index in [1.54, 1.807) is 30.0 Å². The maximum absolute atomic E-state index is 13.1. The third-order valence-corrected chi connectivity index (χ3v) is 8.47. The van der Waals surface area contributed by atoms with Crippen LogP contribution in [0.15, 0.2) is 47.4 Å². The lowest BCUT2D eigenvalue weighted by atomic mass is 10.0. The van der Waals surface area contributed by atoms with Crippen molar-refractivity contribution in [3.63, 3.8) is 0 Å². The van der Waals surface area contributed by atoms with Crippen LogP contribution in [-0.4, -0.2) is 32.0 Å². The van der Waals surface area contributed by atoms with Gasteiger partial charge in [-0.25, -0.2) is 8.42 Å². The summed E-state index contributed by atoms with van der Waals surface area (Å²) in [6.07, 6.45) is 2.41. The first-order chi connectivity index (χ1) is 15.2. The molecule has 1 fully saturated rings. The van der Waals surface area contributed by atoms with E-state index >= 15 is 0 Å². The van der Waals surface area contributed by atoms with E-state index in [2.05, 4.69) is 19.2 Å². The number of rotatable bonds is 7. The highest BCUT2D eigenvalue weighted by Crippen LogP contribution is 2.37. The van der Waals surface area contributed by atoms with Crippen LogP contribution in [0.2, 0.25) is 0 Å². The topological polar surface area (TPSA) is 83.6 Å². The van der Waals surface area contributed by atoms with Crippen molar-refractivity contribution in [2.45, 2.75) is 62.5 Å². The number of nitrogens with one attached hydrogen (secondary N) is 1. The van der Waals surface area contributed by atoms with Crippen molar-refractivity contribution in [3.05, 3.63) is 53.6 Å². The summed E-state index contributed by atoms with van der Waals surface area (Å²) in [4.78, 5) is 26.9. The van der Waals surface area contributed by atoms with E-state index in [0.29, 0.717) is 24.6 Å². The van der Waals surface area contributed by atoms with Crippen molar-refractivity contribution in [3.8, 4) is 0 Å². The number of sulfone groups is 1. The summed E-state index contributed by atoms with van der Waals surface area (Å²) in [5.41, 5.74) is 3.52. The van der Waals surface area contributed by atoms with Gasteiger partial charge >= 0.3 is 0 Å². The van der Waals surface area contributed by atoms with E-state index < -0.39 is 15.1 Å². The predicted molar refractivity (Wildman–Crippen MR) is 126 cm³/mol. The van der Waals surface area contributed by atoms with Crippen LogP contribution in [-0.2, 0) is 25.8 Å². The first kappa shape index (κ1) is 22.5. The molecule has 0 bridgehead atoms. The maximum atomic E-state index is 13.1. The van der Waals surface area contributed by atoms with E-state index in [4.69, 9.17) is 0 Å². The Morgan fingerprint density at radius 1 is 1.06 bits per heavy atom. The summed E-state index contributed by atoms with van der Waals surface area (Å²) < 4.78 is 26.2. The Kier molecular flexibility index (Phi) is 6.12. The normalized spacial score (nSPS) is 16.7. The van der Waals surface area contributed by atoms with Crippen LogP contribution in [0.25, 0.3) is 0 Å². The van der Waals surface area contributed by atoms with Crippen molar-refractivity contribution in [1.29, 1.82) is 0 Å². The van der Waals surface area contributed by atoms with Gasteiger partial charge in [-0.15, -0.1) is 0 Å². The van der Waals surface area contributed by atoms with Crippen LogP contribution in [0.3, 0.4) is 0 Å². The largest absolute Gasteiger partial charge is 0.326 e. The Morgan fingerprint density at radius 2 is 1.75 bits per heavy atom. The second-order valence-electron chi connectivity index (χ2n) is 9.19. The zero-order valence-electron chi connectivity index (χ0n) is 18.8. The van der Waals surface area contributed by atoms with Crippen LogP contribution >= 0.6 is 0 Å². The molecule has 1 atom stereocenters. The van der Waals surface area contributed by atoms with E-state index in [9.17, 15) is 18.0 Å². The lowest BCUT2D eigenvalue weighted by Gasteiger charge is -2.18. The van der Waals surface area contributed by atoms with Gasteiger partial charge in [0.05, 0.1) is 10.1 Å². The zero-order valence-corrected chi connectivity index (χ0v) is 19.6. The Balaban J connectivity index is 1.42. The van der Waals surface area contributed by atoms with Gasteiger partial charge in [-0.05, 0) is 73.6 Å². The van der Waals surface area contributed by atoms with Crippen molar-refractivity contribution in [2.24, 2.45) is 5.92 Å². The van der Waals surface area contributed by atoms with Gasteiger partial charge in [0, 0.05) is 30.3 Å². The number of anilines is 2. The Labute approximate surface area is 189 Å². The lowest BCUT2D eigenvalue weighted by Crippen LogP contribution is -2.30. The fourth-order valence-electron chi connectivity index (χ4n) is 4.10. The second kappa shape index (κ2) is 8.70. The van der Waals surface area contributed by atoms with E-state index in [0.717, 1.165) is 24.1 Å². The minimum Gasteiger partial charge on any atom is -0.326 e. The van der Waals surface area contributed by atoms with Crippen molar-refractivity contribution < 1.29 is 18.0 Å². The first-order valence-electron chi connectivity index (χ1n) is 11.2. The highest BCUT2D eigenvalue weighted by atomic mass is 32.2. The highest BCUT2D eigenvalue weighted by Gasteiger charge is 2.37. The average Bonchev–Trinajstić information content (AvgIpc) is 3.52. The smallest absolute Gasteiger partial charge is 0.230 e. The average molecular weight is 455 g/mol. The van der Waals surface area contributed by atoms with Crippen LogP contribution in [0.4, 0.5) is 11.4 Å². The Bertz CT molecular complexity index is 1140. The molecule has 4 rings (SSSR count). The Hall–Kier alpha value is -2.67. The molecule has 1 saturated carbocycles. The molecule has 0 saturated heterocycles. The summed E-state index contributed by atoms with van der Waals surface area (Å²) >= 11 is 0. The van der Waals surface area contributed by atoms with E-state index in [1.165, 1.54) is 5.56 Å². The summed E-state index contributed by atoms with van der Waals surface area (Å²) in [7, 11) is -3.67. The van der Waals surface area contributed by atoms with Crippen molar-refractivity contribution in [2.75, 3.05) is 16.8 Å².